The minimum absolute atomic E-state index is 0.199. The first-order valence-corrected chi connectivity index (χ1v) is 9.12. The van der Waals surface area contributed by atoms with E-state index in [4.69, 9.17) is 5.73 Å². The molecule has 3 N–H and O–H groups in total. The summed E-state index contributed by atoms with van der Waals surface area (Å²) >= 11 is 0. The van der Waals surface area contributed by atoms with E-state index in [2.05, 4.69) is 5.32 Å². The number of anilines is 1. The van der Waals surface area contributed by atoms with Gasteiger partial charge in [0.25, 0.3) is 5.91 Å². The molecule has 1 aromatic rings. The van der Waals surface area contributed by atoms with Crippen LogP contribution in [0.3, 0.4) is 0 Å². The number of nitrogens with one attached hydrogen (secondary N) is 1. The third-order valence-electron chi connectivity index (χ3n) is 3.78. The number of carbonyl (C=O) groups excluding carboxylic acids is 1. The molecule has 6 nitrogen and oxygen atoms in total. The molecule has 0 saturated heterocycles. The highest BCUT2D eigenvalue weighted by Gasteiger charge is 2.25. The second kappa shape index (κ2) is 5.89. The first-order valence-electron chi connectivity index (χ1n) is 7.27. The van der Waals surface area contributed by atoms with E-state index in [1.165, 1.54) is 10.6 Å². The summed E-state index contributed by atoms with van der Waals surface area (Å²) in [6.07, 6.45) is 2.72. The van der Waals surface area contributed by atoms with Crippen LogP contribution < -0.4 is 15.4 Å². The van der Waals surface area contributed by atoms with Crippen molar-refractivity contribution in [3.63, 3.8) is 0 Å². The number of fused-ring (bicyclic) bond motifs is 1. The van der Waals surface area contributed by atoms with Gasteiger partial charge in [-0.05, 0) is 50.5 Å². The van der Waals surface area contributed by atoms with Gasteiger partial charge in [-0.2, -0.15) is 0 Å². The fourth-order valence-electron chi connectivity index (χ4n) is 2.48. The molecule has 1 heterocycles. The van der Waals surface area contributed by atoms with Crippen molar-refractivity contribution in [2.75, 3.05) is 23.7 Å². The number of rotatable bonds is 4. The van der Waals surface area contributed by atoms with Gasteiger partial charge in [0.15, 0.2) is 0 Å². The first-order chi connectivity index (χ1) is 10.1. The predicted molar refractivity (Wildman–Crippen MR) is 87.6 cm³/mol. The van der Waals surface area contributed by atoms with Gasteiger partial charge in [-0.1, -0.05) is 0 Å². The number of nitrogens with zero attached hydrogens (tertiary/aromatic N) is 1. The molecule has 7 heteroatoms. The molecule has 1 amide bonds. The number of carbonyl (C=O) groups is 1. The molecule has 0 bridgehead atoms. The zero-order valence-corrected chi connectivity index (χ0v) is 14.0. The van der Waals surface area contributed by atoms with Crippen molar-refractivity contribution >= 4 is 21.6 Å². The monoisotopic (exact) mass is 325 g/mol. The van der Waals surface area contributed by atoms with E-state index in [1.54, 1.807) is 18.2 Å². The number of hydrogen-bond donors (Lipinski definition) is 2. The van der Waals surface area contributed by atoms with Gasteiger partial charge in [0.05, 0.1) is 11.9 Å². The average Bonchev–Trinajstić information content (AvgIpc) is 2.44. The van der Waals surface area contributed by atoms with Gasteiger partial charge in [0.1, 0.15) is 0 Å². The number of hydrogen-bond acceptors (Lipinski definition) is 4. The minimum atomic E-state index is -3.29. The molecule has 0 aromatic heterocycles. The molecule has 0 atom stereocenters. The van der Waals surface area contributed by atoms with Gasteiger partial charge in [0, 0.05) is 24.2 Å². The van der Waals surface area contributed by atoms with Crippen LogP contribution in [0.15, 0.2) is 18.2 Å². The van der Waals surface area contributed by atoms with Crippen molar-refractivity contribution in [3.05, 3.63) is 29.3 Å². The van der Waals surface area contributed by atoms with Crippen LogP contribution in [0, 0.1) is 0 Å². The van der Waals surface area contributed by atoms with Gasteiger partial charge in [-0.3, -0.25) is 9.10 Å². The summed E-state index contributed by atoms with van der Waals surface area (Å²) in [4.78, 5) is 12.3. The highest BCUT2D eigenvalue weighted by molar-refractivity contribution is 7.92. The molecule has 122 valence electrons. The van der Waals surface area contributed by atoms with E-state index < -0.39 is 15.6 Å². The fraction of sp³-hybridized carbons (Fsp3) is 0.533. The average molecular weight is 325 g/mol. The Bertz CT molecular complexity index is 683. The fourth-order valence-corrected chi connectivity index (χ4v) is 3.48. The third-order valence-corrected chi connectivity index (χ3v) is 4.96. The normalized spacial score (nSPS) is 15.4. The van der Waals surface area contributed by atoms with E-state index in [9.17, 15) is 13.2 Å². The van der Waals surface area contributed by atoms with Crippen molar-refractivity contribution in [2.45, 2.75) is 32.2 Å². The minimum Gasteiger partial charge on any atom is -0.346 e. The van der Waals surface area contributed by atoms with Crippen molar-refractivity contribution in [2.24, 2.45) is 5.73 Å². The molecule has 0 aliphatic carbocycles. The topological polar surface area (TPSA) is 92.5 Å². The summed E-state index contributed by atoms with van der Waals surface area (Å²) in [6, 6.07) is 5.14. The van der Waals surface area contributed by atoms with Gasteiger partial charge in [0.2, 0.25) is 10.0 Å². The summed E-state index contributed by atoms with van der Waals surface area (Å²) in [5.74, 6) is -0.199. The van der Waals surface area contributed by atoms with E-state index >= 15 is 0 Å². The van der Waals surface area contributed by atoms with Gasteiger partial charge in [-0.15, -0.1) is 0 Å². The Labute approximate surface area is 131 Å². The number of benzene rings is 1. The van der Waals surface area contributed by atoms with Crippen LogP contribution >= 0.6 is 0 Å². The maximum absolute atomic E-state index is 12.3. The van der Waals surface area contributed by atoms with E-state index in [0.29, 0.717) is 24.3 Å². The number of nitrogens with two attached hydrogens (primary N) is 1. The predicted octanol–water partition coefficient (Wildman–Crippen LogP) is 0.866. The Morgan fingerprint density at radius 2 is 2.09 bits per heavy atom. The molecule has 0 unspecified atom stereocenters. The number of aryl methyl sites for hydroxylation is 1. The van der Waals surface area contributed by atoms with Crippen LogP contribution in [0.2, 0.25) is 0 Å². The maximum Gasteiger partial charge on any atom is 0.251 e. The van der Waals surface area contributed by atoms with Crippen molar-refractivity contribution in [1.82, 2.24) is 5.32 Å². The van der Waals surface area contributed by atoms with E-state index in [1.807, 2.05) is 13.8 Å². The molecule has 22 heavy (non-hydrogen) atoms. The Morgan fingerprint density at radius 3 is 2.68 bits per heavy atom. The van der Waals surface area contributed by atoms with E-state index in [0.717, 1.165) is 18.4 Å². The van der Waals surface area contributed by atoms with Crippen LogP contribution in [0.4, 0.5) is 5.69 Å². The van der Waals surface area contributed by atoms with Gasteiger partial charge < -0.3 is 11.1 Å². The second-order valence-electron chi connectivity index (χ2n) is 6.32. The molecule has 0 radical (unpaired) electrons. The summed E-state index contributed by atoms with van der Waals surface area (Å²) < 4.78 is 25.1. The zero-order chi connectivity index (χ0) is 16.5. The van der Waals surface area contributed by atoms with E-state index in [-0.39, 0.29) is 5.91 Å². The molecule has 2 rings (SSSR count). The zero-order valence-electron chi connectivity index (χ0n) is 13.2. The van der Waals surface area contributed by atoms with Crippen LogP contribution in [0.25, 0.3) is 0 Å². The molecule has 0 spiro atoms. The standard InChI is InChI=1S/C15H23N3O3S/c1-15(2,10-16)17-14(19)12-6-7-13-11(9-12)5-4-8-18(13)22(3,20)21/h6-7,9H,4-5,8,10,16H2,1-3H3,(H,17,19). The summed E-state index contributed by atoms with van der Waals surface area (Å²) in [5, 5.41) is 2.87. The lowest BCUT2D eigenvalue weighted by Gasteiger charge is -2.30. The van der Waals surface area contributed by atoms with Crippen molar-refractivity contribution in [3.8, 4) is 0 Å². The number of amides is 1. The lowest BCUT2D eigenvalue weighted by atomic mass is 9.99. The lowest BCUT2D eigenvalue weighted by Crippen LogP contribution is -2.48. The molecule has 1 aliphatic heterocycles. The molecule has 0 saturated carbocycles. The molecule has 0 fully saturated rings. The second-order valence-corrected chi connectivity index (χ2v) is 8.23. The van der Waals surface area contributed by atoms with Crippen LogP contribution in [-0.2, 0) is 16.4 Å². The molecule has 1 aromatic carbocycles. The van der Waals surface area contributed by atoms with Gasteiger partial charge in [-0.25, -0.2) is 8.42 Å². The summed E-state index contributed by atoms with van der Waals surface area (Å²) in [7, 11) is -3.29. The first kappa shape index (κ1) is 16.8. The van der Waals surface area contributed by atoms with Crippen LogP contribution in [-0.4, -0.2) is 39.2 Å². The summed E-state index contributed by atoms with van der Waals surface area (Å²) in [5.41, 5.74) is 7.22. The Morgan fingerprint density at radius 1 is 1.41 bits per heavy atom. The molecular formula is C15H23N3O3S. The Hall–Kier alpha value is -1.60. The highest BCUT2D eigenvalue weighted by atomic mass is 32.2. The highest BCUT2D eigenvalue weighted by Crippen LogP contribution is 2.29. The quantitative estimate of drug-likeness (QED) is 0.859. The maximum atomic E-state index is 12.3. The molecule has 1 aliphatic rings. The SMILES string of the molecule is CC(C)(CN)NC(=O)c1ccc2c(c1)CCCN2S(C)(=O)=O. The summed E-state index contributed by atoms with van der Waals surface area (Å²) in [6.45, 7) is 4.53. The van der Waals surface area contributed by atoms with Crippen molar-refractivity contribution < 1.29 is 13.2 Å². The van der Waals surface area contributed by atoms with Crippen LogP contribution in [0.5, 0.6) is 0 Å². The Kier molecular flexibility index (Phi) is 4.49. The molecular weight excluding hydrogens is 302 g/mol. The largest absolute Gasteiger partial charge is 0.346 e. The van der Waals surface area contributed by atoms with Crippen LogP contribution in [0.1, 0.15) is 36.2 Å². The Balaban J connectivity index is 2.31. The van der Waals surface area contributed by atoms with Crippen molar-refractivity contribution in [1.29, 1.82) is 0 Å². The third kappa shape index (κ3) is 3.59. The smallest absolute Gasteiger partial charge is 0.251 e. The number of sulfonamides is 1. The van der Waals surface area contributed by atoms with Gasteiger partial charge >= 0.3 is 0 Å². The lowest BCUT2D eigenvalue weighted by molar-refractivity contribution is 0.0915.